The molecular formula is C16H14ClN5O. The van der Waals surface area contributed by atoms with E-state index >= 15 is 0 Å². The SMILES string of the molecule is C[C@@H]1Cc2ncncc2CN1C(=O)c1nc2c(Cl)cccc2[nH]1. The monoisotopic (exact) mass is 327 g/mol. The molecule has 6 nitrogen and oxygen atoms in total. The molecule has 1 N–H and O–H groups in total. The van der Waals surface area contributed by atoms with Crippen molar-refractivity contribution in [1.82, 2.24) is 24.8 Å². The van der Waals surface area contributed by atoms with Crippen molar-refractivity contribution in [2.24, 2.45) is 0 Å². The van der Waals surface area contributed by atoms with Crippen LogP contribution in [0.5, 0.6) is 0 Å². The zero-order chi connectivity index (χ0) is 16.0. The highest BCUT2D eigenvalue weighted by molar-refractivity contribution is 6.35. The molecule has 7 heteroatoms. The third kappa shape index (κ3) is 2.35. The van der Waals surface area contributed by atoms with Gasteiger partial charge in [-0.25, -0.2) is 15.0 Å². The number of H-pyrrole nitrogens is 1. The Morgan fingerprint density at radius 3 is 3.13 bits per heavy atom. The van der Waals surface area contributed by atoms with Crippen LogP contribution in [0.25, 0.3) is 11.0 Å². The van der Waals surface area contributed by atoms with Gasteiger partial charge in [0.2, 0.25) is 0 Å². The van der Waals surface area contributed by atoms with Crippen LogP contribution in [0.3, 0.4) is 0 Å². The van der Waals surface area contributed by atoms with E-state index in [-0.39, 0.29) is 11.9 Å². The molecule has 116 valence electrons. The highest BCUT2D eigenvalue weighted by atomic mass is 35.5. The Hall–Kier alpha value is -2.47. The maximum absolute atomic E-state index is 12.8. The lowest BCUT2D eigenvalue weighted by Crippen LogP contribution is -2.43. The van der Waals surface area contributed by atoms with Crippen LogP contribution in [-0.4, -0.2) is 36.8 Å². The molecule has 0 spiro atoms. The summed E-state index contributed by atoms with van der Waals surface area (Å²) in [6, 6.07) is 5.49. The normalized spacial score (nSPS) is 17.3. The van der Waals surface area contributed by atoms with Gasteiger partial charge in [-0.15, -0.1) is 0 Å². The third-order valence-electron chi connectivity index (χ3n) is 4.17. The molecule has 0 aliphatic carbocycles. The van der Waals surface area contributed by atoms with E-state index in [1.54, 1.807) is 23.5 Å². The molecule has 0 saturated carbocycles. The highest BCUT2D eigenvalue weighted by Gasteiger charge is 2.30. The first kappa shape index (κ1) is 14.1. The quantitative estimate of drug-likeness (QED) is 0.745. The number of benzene rings is 1. The molecule has 1 aromatic carbocycles. The van der Waals surface area contributed by atoms with E-state index in [4.69, 9.17) is 11.6 Å². The Morgan fingerprint density at radius 2 is 2.30 bits per heavy atom. The summed E-state index contributed by atoms with van der Waals surface area (Å²) in [5, 5.41) is 0.531. The molecule has 3 aromatic rings. The zero-order valence-corrected chi connectivity index (χ0v) is 13.2. The summed E-state index contributed by atoms with van der Waals surface area (Å²) in [5.74, 6) is 0.166. The molecule has 3 heterocycles. The number of hydrogen-bond donors (Lipinski definition) is 1. The third-order valence-corrected chi connectivity index (χ3v) is 4.47. The fourth-order valence-electron chi connectivity index (χ4n) is 2.94. The molecule has 1 aliphatic rings. The van der Waals surface area contributed by atoms with Gasteiger partial charge in [-0.3, -0.25) is 4.79 Å². The van der Waals surface area contributed by atoms with Crippen LogP contribution in [0.15, 0.2) is 30.7 Å². The topological polar surface area (TPSA) is 74.8 Å². The van der Waals surface area contributed by atoms with Gasteiger partial charge >= 0.3 is 0 Å². The zero-order valence-electron chi connectivity index (χ0n) is 12.5. The lowest BCUT2D eigenvalue weighted by atomic mass is 10.0. The summed E-state index contributed by atoms with van der Waals surface area (Å²) < 4.78 is 0. The Bertz CT molecular complexity index is 906. The van der Waals surface area contributed by atoms with Crippen LogP contribution in [0.1, 0.15) is 28.8 Å². The number of aromatic amines is 1. The van der Waals surface area contributed by atoms with Crippen molar-refractivity contribution < 1.29 is 4.79 Å². The number of rotatable bonds is 1. The van der Waals surface area contributed by atoms with Crippen LogP contribution in [-0.2, 0) is 13.0 Å². The number of hydrogen-bond acceptors (Lipinski definition) is 4. The van der Waals surface area contributed by atoms with Gasteiger partial charge in [0.1, 0.15) is 11.8 Å². The van der Waals surface area contributed by atoms with E-state index in [2.05, 4.69) is 19.9 Å². The molecule has 1 amide bonds. The van der Waals surface area contributed by atoms with Crippen molar-refractivity contribution in [1.29, 1.82) is 0 Å². The second-order valence-electron chi connectivity index (χ2n) is 5.70. The van der Waals surface area contributed by atoms with E-state index in [0.29, 0.717) is 29.3 Å². The molecule has 1 atom stereocenters. The number of aromatic nitrogens is 4. The number of fused-ring (bicyclic) bond motifs is 2. The maximum atomic E-state index is 12.8. The van der Waals surface area contributed by atoms with Gasteiger partial charge in [0.15, 0.2) is 5.82 Å². The Labute approximate surface area is 137 Å². The minimum absolute atomic E-state index is 0.0496. The minimum Gasteiger partial charge on any atom is -0.334 e. The summed E-state index contributed by atoms with van der Waals surface area (Å²) in [5.41, 5.74) is 3.36. The average molecular weight is 328 g/mol. The summed E-state index contributed by atoms with van der Waals surface area (Å²) in [7, 11) is 0. The molecule has 0 saturated heterocycles. The molecule has 0 fully saturated rings. The molecular weight excluding hydrogens is 314 g/mol. The Morgan fingerprint density at radius 1 is 1.43 bits per heavy atom. The average Bonchev–Trinajstić information content (AvgIpc) is 2.99. The smallest absolute Gasteiger partial charge is 0.290 e. The molecule has 2 aromatic heterocycles. The number of amides is 1. The predicted octanol–water partition coefficient (Wildman–Crippen LogP) is 2.59. The van der Waals surface area contributed by atoms with Crippen LogP contribution < -0.4 is 0 Å². The number of para-hydroxylation sites is 1. The van der Waals surface area contributed by atoms with E-state index in [1.165, 1.54) is 0 Å². The molecule has 0 bridgehead atoms. The minimum atomic E-state index is -0.140. The summed E-state index contributed by atoms with van der Waals surface area (Å²) in [4.78, 5) is 30.4. The number of nitrogens with one attached hydrogen (secondary N) is 1. The summed E-state index contributed by atoms with van der Waals surface area (Å²) in [6.45, 7) is 2.50. The van der Waals surface area contributed by atoms with Crippen molar-refractivity contribution in [3.05, 3.63) is 52.8 Å². The van der Waals surface area contributed by atoms with Crippen LogP contribution >= 0.6 is 11.6 Å². The Balaban J connectivity index is 1.69. The second-order valence-corrected chi connectivity index (χ2v) is 6.11. The summed E-state index contributed by atoms with van der Waals surface area (Å²) >= 11 is 6.13. The standard InChI is InChI=1S/C16H14ClN5O/c1-9-5-13-10(6-18-8-19-13)7-22(9)16(23)15-20-12-4-2-3-11(17)14(12)21-15/h2-4,6,8-9H,5,7H2,1H3,(H,20,21)/t9-/m1/s1. The highest BCUT2D eigenvalue weighted by Crippen LogP contribution is 2.25. The number of nitrogens with zero attached hydrogens (tertiary/aromatic N) is 4. The van der Waals surface area contributed by atoms with Gasteiger partial charge in [0, 0.05) is 30.8 Å². The van der Waals surface area contributed by atoms with Crippen LogP contribution in [0, 0.1) is 0 Å². The second kappa shape index (κ2) is 5.31. The van der Waals surface area contributed by atoms with E-state index in [1.807, 2.05) is 19.1 Å². The van der Waals surface area contributed by atoms with Gasteiger partial charge in [-0.05, 0) is 19.1 Å². The molecule has 0 radical (unpaired) electrons. The van der Waals surface area contributed by atoms with Crippen LogP contribution in [0.2, 0.25) is 5.02 Å². The first-order chi connectivity index (χ1) is 11.1. The molecule has 0 unspecified atom stereocenters. The molecule has 1 aliphatic heterocycles. The lowest BCUT2D eigenvalue weighted by Gasteiger charge is -2.33. The van der Waals surface area contributed by atoms with Gasteiger partial charge in [-0.2, -0.15) is 0 Å². The number of carbonyl (C=O) groups is 1. The predicted molar refractivity (Wildman–Crippen MR) is 86.2 cm³/mol. The lowest BCUT2D eigenvalue weighted by molar-refractivity contribution is 0.0644. The van der Waals surface area contributed by atoms with E-state index in [9.17, 15) is 4.79 Å². The first-order valence-electron chi connectivity index (χ1n) is 7.36. The first-order valence-corrected chi connectivity index (χ1v) is 7.74. The van der Waals surface area contributed by atoms with E-state index in [0.717, 1.165) is 16.8 Å². The Kier molecular flexibility index (Phi) is 3.27. The number of halogens is 1. The van der Waals surface area contributed by atoms with Crippen molar-refractivity contribution in [3.8, 4) is 0 Å². The fraction of sp³-hybridized carbons (Fsp3) is 0.250. The van der Waals surface area contributed by atoms with Crippen molar-refractivity contribution in [2.45, 2.75) is 25.9 Å². The summed E-state index contributed by atoms with van der Waals surface area (Å²) in [6.07, 6.45) is 4.03. The maximum Gasteiger partial charge on any atom is 0.290 e. The van der Waals surface area contributed by atoms with Gasteiger partial charge < -0.3 is 9.88 Å². The largest absolute Gasteiger partial charge is 0.334 e. The number of imidazole rings is 1. The van der Waals surface area contributed by atoms with Crippen LogP contribution in [0.4, 0.5) is 0 Å². The van der Waals surface area contributed by atoms with Crippen molar-refractivity contribution in [2.75, 3.05) is 0 Å². The van der Waals surface area contributed by atoms with E-state index < -0.39 is 0 Å². The molecule has 4 rings (SSSR count). The van der Waals surface area contributed by atoms with Crippen molar-refractivity contribution >= 4 is 28.5 Å². The molecule has 23 heavy (non-hydrogen) atoms. The fourth-order valence-corrected chi connectivity index (χ4v) is 3.15. The van der Waals surface area contributed by atoms with Crippen molar-refractivity contribution in [3.63, 3.8) is 0 Å². The van der Waals surface area contributed by atoms with Gasteiger partial charge in [-0.1, -0.05) is 17.7 Å². The van der Waals surface area contributed by atoms with Gasteiger partial charge in [0.25, 0.3) is 5.91 Å². The number of carbonyl (C=O) groups excluding carboxylic acids is 1. The van der Waals surface area contributed by atoms with Gasteiger partial charge in [0.05, 0.1) is 16.2 Å².